The van der Waals surface area contributed by atoms with Crippen molar-refractivity contribution in [2.24, 2.45) is 0 Å². The molecule has 1 aromatic heterocycles. The first-order chi connectivity index (χ1) is 11.0. The van der Waals surface area contributed by atoms with E-state index in [-0.39, 0.29) is 11.6 Å². The maximum absolute atomic E-state index is 13.2. The molecular formula is C16H18F2N4O. The lowest BCUT2D eigenvalue weighted by atomic mass is 10.3. The minimum absolute atomic E-state index is 0.221. The molecule has 23 heavy (non-hydrogen) atoms. The molecule has 0 unspecified atom stereocenters. The normalized spacial score (nSPS) is 10.4. The number of aromatic nitrogens is 2. The van der Waals surface area contributed by atoms with Gasteiger partial charge in [0.15, 0.2) is 11.6 Å². The summed E-state index contributed by atoms with van der Waals surface area (Å²) in [6.07, 6.45) is 1.86. The van der Waals surface area contributed by atoms with Crippen molar-refractivity contribution >= 4 is 17.4 Å². The molecule has 1 aromatic carbocycles. The summed E-state index contributed by atoms with van der Waals surface area (Å²) in [6.45, 7) is 4.26. The predicted octanol–water partition coefficient (Wildman–Crippen LogP) is 3.34. The molecule has 7 heteroatoms. The van der Waals surface area contributed by atoms with Gasteiger partial charge in [0.2, 0.25) is 0 Å². The van der Waals surface area contributed by atoms with Crippen molar-refractivity contribution in [1.82, 2.24) is 15.3 Å². The van der Waals surface area contributed by atoms with Crippen molar-refractivity contribution in [3.05, 3.63) is 47.4 Å². The molecule has 0 atom stereocenters. The van der Waals surface area contributed by atoms with Gasteiger partial charge in [-0.1, -0.05) is 13.3 Å². The Morgan fingerprint density at radius 1 is 1.17 bits per heavy atom. The molecule has 2 N–H and O–H groups in total. The predicted molar refractivity (Wildman–Crippen MR) is 83.7 cm³/mol. The number of rotatable bonds is 6. The van der Waals surface area contributed by atoms with Gasteiger partial charge in [-0.3, -0.25) is 4.79 Å². The first kappa shape index (κ1) is 16.8. The van der Waals surface area contributed by atoms with Gasteiger partial charge >= 0.3 is 0 Å². The zero-order chi connectivity index (χ0) is 16.8. The summed E-state index contributed by atoms with van der Waals surface area (Å²) in [4.78, 5) is 20.3. The third kappa shape index (κ3) is 4.70. The number of unbranched alkanes of at least 4 members (excludes halogenated alkanes) is 1. The van der Waals surface area contributed by atoms with Gasteiger partial charge < -0.3 is 10.6 Å². The van der Waals surface area contributed by atoms with Gasteiger partial charge in [-0.05, 0) is 25.5 Å². The number of halogens is 2. The van der Waals surface area contributed by atoms with Crippen molar-refractivity contribution in [3.63, 3.8) is 0 Å². The second kappa shape index (κ2) is 7.62. The molecule has 0 spiro atoms. The van der Waals surface area contributed by atoms with Crippen LogP contribution in [0.15, 0.2) is 24.3 Å². The Morgan fingerprint density at radius 2 is 1.96 bits per heavy atom. The van der Waals surface area contributed by atoms with Crippen LogP contribution in [0, 0.1) is 18.6 Å². The average Bonchev–Trinajstić information content (AvgIpc) is 2.50. The minimum atomic E-state index is -0.960. The molecular weight excluding hydrogens is 302 g/mol. The summed E-state index contributed by atoms with van der Waals surface area (Å²) < 4.78 is 26.2. The Bertz CT molecular complexity index is 706. The summed E-state index contributed by atoms with van der Waals surface area (Å²) in [5, 5.41) is 5.61. The third-order valence-corrected chi connectivity index (χ3v) is 3.08. The Morgan fingerprint density at radius 3 is 2.65 bits per heavy atom. The SMILES string of the molecule is CCCCNC(=O)c1cc(Nc2ccc(F)c(F)c2)nc(C)n1. The number of aryl methyl sites for hydroxylation is 1. The van der Waals surface area contributed by atoms with Crippen molar-refractivity contribution in [2.75, 3.05) is 11.9 Å². The van der Waals surface area contributed by atoms with Crippen LogP contribution in [-0.4, -0.2) is 22.4 Å². The number of carbonyl (C=O) groups is 1. The number of nitrogens with one attached hydrogen (secondary N) is 2. The number of nitrogens with zero attached hydrogens (tertiary/aromatic N) is 2. The fraction of sp³-hybridized carbons (Fsp3) is 0.312. The molecule has 2 rings (SSSR count). The lowest BCUT2D eigenvalue weighted by molar-refractivity contribution is 0.0948. The largest absolute Gasteiger partial charge is 0.351 e. The Kier molecular flexibility index (Phi) is 5.56. The van der Waals surface area contributed by atoms with E-state index in [0.29, 0.717) is 23.9 Å². The van der Waals surface area contributed by atoms with E-state index < -0.39 is 11.6 Å². The van der Waals surface area contributed by atoms with Crippen LogP contribution < -0.4 is 10.6 Å². The Hall–Kier alpha value is -2.57. The lowest BCUT2D eigenvalue weighted by Crippen LogP contribution is -2.25. The summed E-state index contributed by atoms with van der Waals surface area (Å²) in [7, 11) is 0. The van der Waals surface area contributed by atoms with E-state index >= 15 is 0 Å². The van der Waals surface area contributed by atoms with Crippen LogP contribution in [0.3, 0.4) is 0 Å². The van der Waals surface area contributed by atoms with Crippen LogP contribution in [0.4, 0.5) is 20.3 Å². The van der Waals surface area contributed by atoms with Gasteiger partial charge in [-0.2, -0.15) is 0 Å². The highest BCUT2D eigenvalue weighted by Crippen LogP contribution is 2.18. The molecule has 1 heterocycles. The van der Waals surface area contributed by atoms with E-state index in [2.05, 4.69) is 20.6 Å². The standard InChI is InChI=1S/C16H18F2N4O/c1-3-4-7-19-16(23)14-9-15(21-10(2)20-14)22-11-5-6-12(17)13(18)8-11/h5-6,8-9H,3-4,7H2,1-2H3,(H,19,23)(H,20,21,22). The fourth-order valence-electron chi connectivity index (χ4n) is 1.94. The van der Waals surface area contributed by atoms with Gasteiger partial charge in [0.1, 0.15) is 17.3 Å². The number of anilines is 2. The zero-order valence-electron chi connectivity index (χ0n) is 13.0. The van der Waals surface area contributed by atoms with Crippen LogP contribution in [0.25, 0.3) is 0 Å². The van der Waals surface area contributed by atoms with Gasteiger partial charge in [-0.25, -0.2) is 18.7 Å². The highest BCUT2D eigenvalue weighted by Gasteiger charge is 2.11. The van der Waals surface area contributed by atoms with E-state index in [1.54, 1.807) is 6.92 Å². The molecule has 0 aliphatic carbocycles. The van der Waals surface area contributed by atoms with Crippen molar-refractivity contribution in [1.29, 1.82) is 0 Å². The number of amides is 1. The first-order valence-corrected chi connectivity index (χ1v) is 7.35. The summed E-state index contributed by atoms with van der Waals surface area (Å²) in [5.74, 6) is -1.44. The molecule has 0 radical (unpaired) electrons. The van der Waals surface area contributed by atoms with Gasteiger partial charge in [0.05, 0.1) is 0 Å². The molecule has 0 aliphatic heterocycles. The Balaban J connectivity index is 2.16. The minimum Gasteiger partial charge on any atom is -0.351 e. The molecule has 0 saturated heterocycles. The van der Waals surface area contributed by atoms with E-state index in [9.17, 15) is 13.6 Å². The van der Waals surface area contributed by atoms with Gasteiger partial charge in [0, 0.05) is 24.4 Å². The molecule has 0 bridgehead atoms. The second-order valence-corrected chi connectivity index (χ2v) is 5.05. The van der Waals surface area contributed by atoms with Crippen LogP contribution in [0.2, 0.25) is 0 Å². The van der Waals surface area contributed by atoms with Crippen molar-refractivity contribution < 1.29 is 13.6 Å². The maximum Gasteiger partial charge on any atom is 0.270 e. The second-order valence-electron chi connectivity index (χ2n) is 5.05. The van der Waals surface area contributed by atoms with Crippen LogP contribution >= 0.6 is 0 Å². The average molecular weight is 320 g/mol. The number of benzene rings is 1. The monoisotopic (exact) mass is 320 g/mol. The van der Waals surface area contributed by atoms with Crippen molar-refractivity contribution in [2.45, 2.75) is 26.7 Å². The van der Waals surface area contributed by atoms with Crippen LogP contribution in [-0.2, 0) is 0 Å². The third-order valence-electron chi connectivity index (χ3n) is 3.08. The zero-order valence-corrected chi connectivity index (χ0v) is 13.0. The van der Waals surface area contributed by atoms with E-state index in [1.807, 2.05) is 6.92 Å². The lowest BCUT2D eigenvalue weighted by Gasteiger charge is -2.09. The molecule has 122 valence electrons. The summed E-state index contributed by atoms with van der Waals surface area (Å²) in [6, 6.07) is 4.89. The number of hydrogen-bond acceptors (Lipinski definition) is 4. The van der Waals surface area contributed by atoms with Gasteiger partial charge in [-0.15, -0.1) is 0 Å². The molecule has 5 nitrogen and oxygen atoms in total. The molecule has 0 fully saturated rings. The van der Waals surface area contributed by atoms with Crippen LogP contribution in [0.5, 0.6) is 0 Å². The smallest absolute Gasteiger partial charge is 0.270 e. The quantitative estimate of drug-likeness (QED) is 0.801. The maximum atomic E-state index is 13.2. The molecule has 1 amide bonds. The summed E-state index contributed by atoms with van der Waals surface area (Å²) >= 11 is 0. The van der Waals surface area contributed by atoms with Crippen molar-refractivity contribution in [3.8, 4) is 0 Å². The molecule has 2 aromatic rings. The topological polar surface area (TPSA) is 66.9 Å². The van der Waals surface area contributed by atoms with E-state index in [0.717, 1.165) is 25.0 Å². The molecule has 0 saturated carbocycles. The first-order valence-electron chi connectivity index (χ1n) is 7.35. The van der Waals surface area contributed by atoms with Crippen LogP contribution in [0.1, 0.15) is 36.1 Å². The number of carbonyl (C=O) groups excluding carboxylic acids is 1. The van der Waals surface area contributed by atoms with E-state index in [1.165, 1.54) is 12.1 Å². The summed E-state index contributed by atoms with van der Waals surface area (Å²) in [5.41, 5.74) is 0.554. The molecule has 0 aliphatic rings. The van der Waals surface area contributed by atoms with Gasteiger partial charge in [0.25, 0.3) is 5.91 Å². The Labute approximate surface area is 133 Å². The fourth-order valence-corrected chi connectivity index (χ4v) is 1.94. The van der Waals surface area contributed by atoms with E-state index in [4.69, 9.17) is 0 Å². The highest BCUT2D eigenvalue weighted by molar-refractivity contribution is 5.93. The number of hydrogen-bond donors (Lipinski definition) is 2. The highest BCUT2D eigenvalue weighted by atomic mass is 19.2.